The highest BCUT2D eigenvalue weighted by Gasteiger charge is 2.24. The van der Waals surface area contributed by atoms with Gasteiger partial charge in [0.25, 0.3) is 0 Å². The van der Waals surface area contributed by atoms with Crippen molar-refractivity contribution in [3.8, 4) is 5.69 Å². The number of aromatic nitrogens is 3. The minimum atomic E-state index is 0.491. The van der Waals surface area contributed by atoms with Gasteiger partial charge in [0.15, 0.2) is 5.16 Å². The minimum absolute atomic E-state index is 0.491. The molecule has 6 heteroatoms. The van der Waals surface area contributed by atoms with Crippen molar-refractivity contribution in [3.63, 3.8) is 0 Å². The predicted molar refractivity (Wildman–Crippen MR) is 113 cm³/mol. The van der Waals surface area contributed by atoms with E-state index in [2.05, 4.69) is 39.0 Å². The summed E-state index contributed by atoms with van der Waals surface area (Å²) >= 11 is 13.9. The van der Waals surface area contributed by atoms with E-state index in [0.717, 1.165) is 28.0 Å². The summed E-state index contributed by atoms with van der Waals surface area (Å²) in [6.45, 7) is 0. The summed E-state index contributed by atoms with van der Waals surface area (Å²) < 4.78 is 2.23. The summed E-state index contributed by atoms with van der Waals surface area (Å²) in [5, 5.41) is 11.2. The van der Waals surface area contributed by atoms with E-state index in [4.69, 9.17) is 23.2 Å². The Morgan fingerprint density at radius 3 is 2.44 bits per heavy atom. The number of hydrogen-bond donors (Lipinski definition) is 0. The Labute approximate surface area is 174 Å². The van der Waals surface area contributed by atoms with E-state index in [0.29, 0.717) is 16.0 Å². The molecule has 3 nitrogen and oxygen atoms in total. The Bertz CT molecular complexity index is 905. The smallest absolute Gasteiger partial charge is 0.196 e. The van der Waals surface area contributed by atoms with Crippen LogP contribution in [0.2, 0.25) is 10.0 Å². The van der Waals surface area contributed by atoms with E-state index in [1.165, 1.54) is 32.1 Å². The average molecular weight is 418 g/mol. The van der Waals surface area contributed by atoms with Crippen molar-refractivity contribution in [3.05, 3.63) is 70.0 Å². The third-order valence-corrected chi connectivity index (χ3v) is 6.73. The molecule has 2 aromatic carbocycles. The van der Waals surface area contributed by atoms with E-state index in [1.54, 1.807) is 11.8 Å². The fourth-order valence-corrected chi connectivity index (χ4v) is 4.82. The molecule has 0 atom stereocenters. The fourth-order valence-electron chi connectivity index (χ4n) is 3.60. The van der Waals surface area contributed by atoms with Crippen LogP contribution in [0.1, 0.15) is 49.4 Å². The molecule has 0 aliphatic heterocycles. The normalized spacial score (nSPS) is 15.2. The van der Waals surface area contributed by atoms with Gasteiger partial charge in [-0.15, -0.1) is 10.2 Å². The zero-order chi connectivity index (χ0) is 18.6. The summed E-state index contributed by atoms with van der Waals surface area (Å²) in [7, 11) is 0. The molecule has 0 bridgehead atoms. The topological polar surface area (TPSA) is 30.7 Å². The lowest BCUT2D eigenvalue weighted by Gasteiger charge is -2.22. The molecule has 1 fully saturated rings. The quantitative estimate of drug-likeness (QED) is 0.422. The Morgan fingerprint density at radius 1 is 0.926 bits per heavy atom. The molecular weight excluding hydrogens is 397 g/mol. The lowest BCUT2D eigenvalue weighted by atomic mass is 9.88. The van der Waals surface area contributed by atoms with Crippen molar-refractivity contribution in [2.75, 3.05) is 0 Å². The van der Waals surface area contributed by atoms with Gasteiger partial charge in [0.2, 0.25) is 0 Å². The largest absolute Gasteiger partial charge is 0.274 e. The van der Waals surface area contributed by atoms with Gasteiger partial charge in [0, 0.05) is 17.4 Å². The van der Waals surface area contributed by atoms with Crippen LogP contribution in [-0.2, 0) is 5.75 Å². The zero-order valence-electron chi connectivity index (χ0n) is 14.9. The van der Waals surface area contributed by atoms with Gasteiger partial charge in [-0.05, 0) is 42.7 Å². The van der Waals surface area contributed by atoms with Crippen LogP contribution in [0.5, 0.6) is 0 Å². The summed E-state index contributed by atoms with van der Waals surface area (Å²) in [6, 6.07) is 16.2. The highest BCUT2D eigenvalue weighted by Crippen LogP contribution is 2.35. The van der Waals surface area contributed by atoms with E-state index in [-0.39, 0.29) is 0 Å². The van der Waals surface area contributed by atoms with Crippen molar-refractivity contribution >= 4 is 35.0 Å². The molecule has 0 radical (unpaired) electrons. The number of halogens is 2. The Morgan fingerprint density at radius 2 is 1.70 bits per heavy atom. The SMILES string of the molecule is Clc1ccc(CSc2nnc(C3CCCCC3)n2-c2ccccc2)cc1Cl. The van der Waals surface area contributed by atoms with E-state index in [1.807, 2.05) is 24.3 Å². The second-order valence-corrected chi connectivity index (χ2v) is 8.64. The van der Waals surface area contributed by atoms with Gasteiger partial charge in [-0.1, -0.05) is 78.5 Å². The first-order chi connectivity index (χ1) is 13.2. The fraction of sp³-hybridized carbons (Fsp3) is 0.333. The molecule has 1 aliphatic rings. The summed E-state index contributed by atoms with van der Waals surface area (Å²) in [5.41, 5.74) is 2.25. The summed E-state index contributed by atoms with van der Waals surface area (Å²) in [6.07, 6.45) is 6.27. The Hall–Kier alpha value is -1.49. The minimum Gasteiger partial charge on any atom is -0.274 e. The molecule has 1 aliphatic carbocycles. The van der Waals surface area contributed by atoms with Gasteiger partial charge < -0.3 is 0 Å². The molecule has 0 spiro atoms. The zero-order valence-corrected chi connectivity index (χ0v) is 17.3. The molecule has 3 aromatic rings. The third kappa shape index (κ3) is 4.34. The van der Waals surface area contributed by atoms with Gasteiger partial charge in [-0.2, -0.15) is 0 Å². The third-order valence-electron chi connectivity index (χ3n) is 5.00. The van der Waals surface area contributed by atoms with Crippen molar-refractivity contribution in [2.24, 2.45) is 0 Å². The van der Waals surface area contributed by atoms with E-state index in [9.17, 15) is 0 Å². The van der Waals surface area contributed by atoms with Gasteiger partial charge in [-0.25, -0.2) is 0 Å². The first kappa shape index (κ1) is 18.9. The number of benzene rings is 2. The van der Waals surface area contributed by atoms with Gasteiger partial charge in [-0.3, -0.25) is 4.57 Å². The Kier molecular flexibility index (Phi) is 6.06. The predicted octanol–water partition coefficient (Wildman–Crippen LogP) is 6.91. The number of thioether (sulfide) groups is 1. The maximum Gasteiger partial charge on any atom is 0.196 e. The van der Waals surface area contributed by atoms with Gasteiger partial charge in [0.1, 0.15) is 5.82 Å². The second-order valence-electron chi connectivity index (χ2n) is 6.88. The Balaban J connectivity index is 1.63. The molecule has 27 heavy (non-hydrogen) atoms. The standard InChI is InChI=1S/C21H21Cl2N3S/c22-18-12-11-15(13-19(18)23)14-27-21-25-24-20(16-7-3-1-4-8-16)26(21)17-9-5-2-6-10-17/h2,5-6,9-13,16H,1,3-4,7-8,14H2. The molecule has 1 heterocycles. The average Bonchev–Trinajstić information content (AvgIpc) is 3.14. The maximum atomic E-state index is 6.15. The molecule has 4 rings (SSSR count). The molecular formula is C21H21Cl2N3S. The molecule has 1 aromatic heterocycles. The monoisotopic (exact) mass is 417 g/mol. The molecule has 0 amide bonds. The maximum absolute atomic E-state index is 6.15. The van der Waals surface area contributed by atoms with Crippen LogP contribution in [0.15, 0.2) is 53.7 Å². The highest BCUT2D eigenvalue weighted by atomic mass is 35.5. The summed E-state index contributed by atoms with van der Waals surface area (Å²) in [5.74, 6) is 2.36. The molecule has 0 saturated heterocycles. The van der Waals surface area contributed by atoms with Crippen LogP contribution >= 0.6 is 35.0 Å². The molecule has 0 unspecified atom stereocenters. The van der Waals surface area contributed by atoms with E-state index < -0.39 is 0 Å². The van der Waals surface area contributed by atoms with Crippen LogP contribution in [0.4, 0.5) is 0 Å². The lowest BCUT2D eigenvalue weighted by Crippen LogP contribution is -2.11. The molecule has 0 N–H and O–H groups in total. The van der Waals surface area contributed by atoms with Crippen molar-refractivity contribution in [1.29, 1.82) is 0 Å². The van der Waals surface area contributed by atoms with Crippen LogP contribution in [0, 0.1) is 0 Å². The van der Waals surface area contributed by atoms with Gasteiger partial charge >= 0.3 is 0 Å². The van der Waals surface area contributed by atoms with Crippen LogP contribution in [0.3, 0.4) is 0 Å². The number of rotatable bonds is 5. The number of para-hydroxylation sites is 1. The van der Waals surface area contributed by atoms with Gasteiger partial charge in [0.05, 0.1) is 10.0 Å². The summed E-state index contributed by atoms with van der Waals surface area (Å²) in [4.78, 5) is 0. The lowest BCUT2D eigenvalue weighted by molar-refractivity contribution is 0.423. The van der Waals surface area contributed by atoms with Crippen molar-refractivity contribution in [2.45, 2.75) is 48.9 Å². The second kappa shape index (κ2) is 8.68. The van der Waals surface area contributed by atoms with Crippen molar-refractivity contribution in [1.82, 2.24) is 14.8 Å². The molecule has 140 valence electrons. The molecule has 1 saturated carbocycles. The number of nitrogens with zero attached hydrogens (tertiary/aromatic N) is 3. The van der Waals surface area contributed by atoms with Crippen molar-refractivity contribution < 1.29 is 0 Å². The van der Waals surface area contributed by atoms with Crippen LogP contribution in [-0.4, -0.2) is 14.8 Å². The highest BCUT2D eigenvalue weighted by molar-refractivity contribution is 7.98. The van der Waals surface area contributed by atoms with E-state index >= 15 is 0 Å². The number of hydrogen-bond acceptors (Lipinski definition) is 3. The van der Waals surface area contributed by atoms with Crippen LogP contribution in [0.25, 0.3) is 5.69 Å². The van der Waals surface area contributed by atoms with Crippen LogP contribution < -0.4 is 0 Å². The first-order valence-electron chi connectivity index (χ1n) is 9.30. The first-order valence-corrected chi connectivity index (χ1v) is 11.0.